The third-order valence-electron chi connectivity index (χ3n) is 5.07. The van der Waals surface area contributed by atoms with Gasteiger partial charge in [0.15, 0.2) is 10.8 Å². The quantitative estimate of drug-likeness (QED) is 0.712. The van der Waals surface area contributed by atoms with E-state index in [0.29, 0.717) is 13.1 Å². The first kappa shape index (κ1) is 17.0. The van der Waals surface area contributed by atoms with Crippen LogP contribution in [-0.4, -0.2) is 45.2 Å². The minimum atomic E-state index is 0.156. The lowest BCUT2D eigenvalue weighted by molar-refractivity contribution is -0.131. The molecule has 0 unspecified atom stereocenters. The second-order valence-electron chi connectivity index (χ2n) is 7.01. The van der Waals surface area contributed by atoms with Gasteiger partial charge in [-0.25, -0.2) is 9.67 Å². The molecule has 3 aromatic rings. The van der Waals surface area contributed by atoms with Gasteiger partial charge in [0.25, 0.3) is 0 Å². The molecule has 0 aliphatic carbocycles. The number of fused-ring (bicyclic) bond motifs is 1. The Labute approximate surface area is 157 Å². The maximum atomic E-state index is 12.7. The van der Waals surface area contributed by atoms with E-state index in [-0.39, 0.29) is 5.91 Å². The Hall–Kier alpha value is -2.41. The van der Waals surface area contributed by atoms with Gasteiger partial charge in [0.1, 0.15) is 0 Å². The molecular weight excluding hydrogens is 346 g/mol. The van der Waals surface area contributed by atoms with Gasteiger partial charge in [0, 0.05) is 26.7 Å². The highest BCUT2D eigenvalue weighted by molar-refractivity contribution is 7.22. The van der Waals surface area contributed by atoms with Crippen molar-refractivity contribution in [2.75, 3.05) is 24.5 Å². The van der Waals surface area contributed by atoms with Gasteiger partial charge in [-0.3, -0.25) is 4.79 Å². The molecule has 136 valence electrons. The van der Waals surface area contributed by atoms with Crippen molar-refractivity contribution in [2.45, 2.75) is 27.3 Å². The van der Waals surface area contributed by atoms with Crippen molar-refractivity contribution in [2.24, 2.45) is 7.05 Å². The molecule has 0 radical (unpaired) electrons. The lowest BCUT2D eigenvalue weighted by Gasteiger charge is -2.34. The predicted octanol–water partition coefficient (Wildman–Crippen LogP) is 2.80. The molecule has 0 saturated carbocycles. The number of hydrogen-bond acceptors (Lipinski definition) is 5. The molecule has 0 N–H and O–H groups in total. The summed E-state index contributed by atoms with van der Waals surface area (Å²) in [5.41, 5.74) is 5.63. The molecule has 1 aromatic carbocycles. The zero-order valence-corrected chi connectivity index (χ0v) is 16.4. The van der Waals surface area contributed by atoms with Gasteiger partial charge in [0.05, 0.1) is 16.9 Å². The fraction of sp³-hybridized carbons (Fsp3) is 0.421. The van der Waals surface area contributed by atoms with Crippen LogP contribution in [0.1, 0.15) is 22.4 Å². The predicted molar refractivity (Wildman–Crippen MR) is 105 cm³/mol. The second kappa shape index (κ2) is 6.39. The average Bonchev–Trinajstić information content (AvgIpc) is 3.15. The Balaban J connectivity index is 1.48. The summed E-state index contributed by atoms with van der Waals surface area (Å²) in [6, 6.07) is 6.42. The molecule has 2 aromatic heterocycles. The molecule has 1 fully saturated rings. The van der Waals surface area contributed by atoms with Gasteiger partial charge in [-0.05, 0) is 37.5 Å². The summed E-state index contributed by atoms with van der Waals surface area (Å²) in [5.74, 6) is 0.156. The van der Waals surface area contributed by atoms with Crippen LogP contribution in [0.2, 0.25) is 0 Å². The minimum absolute atomic E-state index is 0.156. The van der Waals surface area contributed by atoms with E-state index in [1.165, 1.54) is 16.7 Å². The fourth-order valence-corrected chi connectivity index (χ4v) is 4.43. The maximum Gasteiger partial charge on any atom is 0.242 e. The smallest absolute Gasteiger partial charge is 0.242 e. The number of thiazole rings is 1. The van der Waals surface area contributed by atoms with Gasteiger partial charge < -0.3 is 9.80 Å². The zero-order valence-electron chi connectivity index (χ0n) is 15.6. The van der Waals surface area contributed by atoms with Crippen LogP contribution in [0.4, 0.5) is 5.13 Å². The Kier molecular flexibility index (Phi) is 4.19. The third-order valence-corrected chi connectivity index (χ3v) is 6.28. The lowest BCUT2D eigenvalue weighted by atomic mass is 10.1. The van der Waals surface area contributed by atoms with E-state index in [1.807, 2.05) is 23.6 Å². The number of carbonyl (C=O) groups is 1. The molecular formula is C19H23N5OS. The van der Waals surface area contributed by atoms with E-state index < -0.39 is 0 Å². The fourth-order valence-electron chi connectivity index (χ4n) is 3.37. The van der Waals surface area contributed by atoms with Crippen molar-refractivity contribution in [3.63, 3.8) is 0 Å². The molecule has 3 heterocycles. The Morgan fingerprint density at radius 2 is 1.96 bits per heavy atom. The van der Waals surface area contributed by atoms with Gasteiger partial charge >= 0.3 is 0 Å². The van der Waals surface area contributed by atoms with E-state index >= 15 is 0 Å². The molecule has 0 spiro atoms. The number of aromatic nitrogens is 3. The van der Waals surface area contributed by atoms with Crippen molar-refractivity contribution in [3.8, 4) is 0 Å². The summed E-state index contributed by atoms with van der Waals surface area (Å²) in [4.78, 5) is 21.4. The van der Waals surface area contributed by atoms with Crippen LogP contribution >= 0.6 is 11.3 Å². The van der Waals surface area contributed by atoms with Crippen LogP contribution in [0, 0.1) is 20.8 Å². The van der Waals surface area contributed by atoms with Crippen molar-refractivity contribution < 1.29 is 4.79 Å². The van der Waals surface area contributed by atoms with E-state index in [0.717, 1.165) is 34.3 Å². The molecule has 1 aliphatic rings. The number of piperazine rings is 1. The summed E-state index contributed by atoms with van der Waals surface area (Å²) in [7, 11) is 1.91. The van der Waals surface area contributed by atoms with Crippen LogP contribution in [0.15, 0.2) is 18.2 Å². The van der Waals surface area contributed by atoms with Gasteiger partial charge in [-0.2, -0.15) is 5.10 Å². The number of benzene rings is 1. The second-order valence-corrected chi connectivity index (χ2v) is 7.99. The molecule has 0 bridgehead atoms. The highest BCUT2D eigenvalue weighted by atomic mass is 32.1. The standard InChI is InChI=1S/C19H23N5OS/c1-12-5-6-15(9-13(12)2)10-23-7-8-24(11-16(23)25)19-20-18-17(26-19)14(3)21-22(18)4/h5-6,9H,7-8,10-11H2,1-4H3. The van der Waals surface area contributed by atoms with Crippen molar-refractivity contribution in [1.29, 1.82) is 0 Å². The maximum absolute atomic E-state index is 12.7. The number of hydrogen-bond donors (Lipinski definition) is 0. The van der Waals surface area contributed by atoms with Gasteiger partial charge in [-0.15, -0.1) is 0 Å². The Morgan fingerprint density at radius 3 is 2.65 bits per heavy atom. The SMILES string of the molecule is Cc1ccc(CN2CCN(c3nc4c(s3)c(C)nn4C)CC2=O)cc1C. The monoisotopic (exact) mass is 369 g/mol. The van der Waals surface area contributed by atoms with E-state index in [2.05, 4.69) is 42.0 Å². The summed E-state index contributed by atoms with van der Waals surface area (Å²) in [5, 5.41) is 5.31. The minimum Gasteiger partial charge on any atom is -0.337 e. The normalized spacial score (nSPS) is 15.3. The summed E-state index contributed by atoms with van der Waals surface area (Å²) in [6.07, 6.45) is 0. The van der Waals surface area contributed by atoms with E-state index in [9.17, 15) is 4.79 Å². The first-order valence-corrected chi connectivity index (χ1v) is 9.63. The number of rotatable bonds is 3. The van der Waals surface area contributed by atoms with Crippen LogP contribution in [0.25, 0.3) is 10.3 Å². The molecule has 1 aliphatic heterocycles. The largest absolute Gasteiger partial charge is 0.337 e. The number of nitrogens with zero attached hydrogens (tertiary/aromatic N) is 5. The zero-order chi connectivity index (χ0) is 18.4. The van der Waals surface area contributed by atoms with Crippen LogP contribution in [0.3, 0.4) is 0 Å². The van der Waals surface area contributed by atoms with Crippen molar-refractivity contribution in [1.82, 2.24) is 19.7 Å². The summed E-state index contributed by atoms with van der Waals surface area (Å²) in [6.45, 7) is 8.81. The Bertz CT molecular complexity index is 955. The third kappa shape index (κ3) is 2.96. The highest BCUT2D eigenvalue weighted by Gasteiger charge is 2.27. The van der Waals surface area contributed by atoms with Gasteiger partial charge in [-0.1, -0.05) is 29.5 Å². The summed E-state index contributed by atoms with van der Waals surface area (Å²) < 4.78 is 2.91. The molecule has 0 atom stereocenters. The van der Waals surface area contributed by atoms with Crippen molar-refractivity contribution >= 4 is 32.7 Å². The topological polar surface area (TPSA) is 54.3 Å². The molecule has 4 rings (SSSR count). The Morgan fingerprint density at radius 1 is 1.15 bits per heavy atom. The average molecular weight is 369 g/mol. The van der Waals surface area contributed by atoms with Crippen molar-refractivity contribution in [3.05, 3.63) is 40.6 Å². The van der Waals surface area contributed by atoms with Crippen LogP contribution in [0.5, 0.6) is 0 Å². The molecule has 7 heteroatoms. The number of carbonyl (C=O) groups excluding carboxylic acids is 1. The van der Waals surface area contributed by atoms with Gasteiger partial charge in [0.2, 0.25) is 5.91 Å². The van der Waals surface area contributed by atoms with E-state index in [4.69, 9.17) is 4.98 Å². The number of amides is 1. The highest BCUT2D eigenvalue weighted by Crippen LogP contribution is 2.31. The lowest BCUT2D eigenvalue weighted by Crippen LogP contribution is -2.50. The molecule has 26 heavy (non-hydrogen) atoms. The number of anilines is 1. The molecule has 1 saturated heterocycles. The van der Waals surface area contributed by atoms with E-state index in [1.54, 1.807) is 11.3 Å². The molecule has 1 amide bonds. The van der Waals surface area contributed by atoms with Crippen LogP contribution < -0.4 is 4.90 Å². The first-order chi connectivity index (χ1) is 12.4. The molecule has 6 nitrogen and oxygen atoms in total. The number of aryl methyl sites for hydroxylation is 4. The summed E-state index contributed by atoms with van der Waals surface area (Å²) >= 11 is 1.62. The van der Waals surface area contributed by atoms with Crippen LogP contribution in [-0.2, 0) is 18.4 Å². The first-order valence-electron chi connectivity index (χ1n) is 8.81.